The third kappa shape index (κ3) is 3.76. The molecule has 0 saturated carbocycles. The standard InChI is InChI=1S/C24H19ClN4OS/c1-30-17-11-9-14(10-12-17)21-20(23-26-18-7-2-3-8-19(18)27-23)22(29-24(31)28-21)15-5-4-6-16(25)13-15/h2-13,21H,1H3,(H,26,27)(H2,28,29,31). The molecule has 1 aliphatic rings. The second kappa shape index (κ2) is 8.06. The predicted octanol–water partition coefficient (Wildman–Crippen LogP) is 5.31. The maximum absolute atomic E-state index is 6.31. The molecule has 0 saturated heterocycles. The van der Waals surface area contributed by atoms with Gasteiger partial charge in [-0.2, -0.15) is 0 Å². The largest absolute Gasteiger partial charge is 0.497 e. The number of aromatic nitrogens is 2. The molecule has 154 valence electrons. The maximum Gasteiger partial charge on any atom is 0.171 e. The Balaban J connectivity index is 1.75. The van der Waals surface area contributed by atoms with E-state index in [0.29, 0.717) is 10.1 Å². The average molecular weight is 447 g/mol. The van der Waals surface area contributed by atoms with E-state index in [9.17, 15) is 0 Å². The number of fused-ring (bicyclic) bond motifs is 1. The molecule has 1 atom stereocenters. The van der Waals surface area contributed by atoms with Crippen molar-refractivity contribution in [2.24, 2.45) is 0 Å². The van der Waals surface area contributed by atoms with Crippen LogP contribution in [0.15, 0.2) is 72.8 Å². The van der Waals surface area contributed by atoms with Crippen molar-refractivity contribution in [2.75, 3.05) is 7.11 Å². The van der Waals surface area contributed by atoms with Crippen LogP contribution in [0.4, 0.5) is 0 Å². The van der Waals surface area contributed by atoms with E-state index in [0.717, 1.165) is 45.0 Å². The number of rotatable bonds is 4. The van der Waals surface area contributed by atoms with Crippen molar-refractivity contribution in [1.29, 1.82) is 0 Å². The summed E-state index contributed by atoms with van der Waals surface area (Å²) in [6, 6.07) is 23.4. The molecule has 31 heavy (non-hydrogen) atoms. The molecule has 7 heteroatoms. The number of nitrogens with one attached hydrogen (secondary N) is 3. The smallest absolute Gasteiger partial charge is 0.171 e. The van der Waals surface area contributed by atoms with Crippen LogP contribution in [0.2, 0.25) is 5.02 Å². The normalized spacial score (nSPS) is 16.2. The van der Waals surface area contributed by atoms with Gasteiger partial charge in [0.1, 0.15) is 11.6 Å². The average Bonchev–Trinajstić information content (AvgIpc) is 3.22. The van der Waals surface area contributed by atoms with Gasteiger partial charge in [0.15, 0.2) is 5.11 Å². The van der Waals surface area contributed by atoms with Gasteiger partial charge < -0.3 is 20.4 Å². The van der Waals surface area contributed by atoms with Crippen molar-refractivity contribution < 1.29 is 4.74 Å². The summed E-state index contributed by atoms with van der Waals surface area (Å²) in [5.74, 6) is 1.56. The molecule has 1 unspecified atom stereocenters. The Morgan fingerprint density at radius 1 is 1.00 bits per heavy atom. The Labute approximate surface area is 190 Å². The summed E-state index contributed by atoms with van der Waals surface area (Å²) in [6.45, 7) is 0. The zero-order valence-corrected chi connectivity index (χ0v) is 18.2. The third-order valence-electron chi connectivity index (χ3n) is 5.28. The fourth-order valence-corrected chi connectivity index (χ4v) is 4.23. The minimum Gasteiger partial charge on any atom is -0.497 e. The molecule has 0 radical (unpaired) electrons. The summed E-state index contributed by atoms with van der Waals surface area (Å²) in [5.41, 5.74) is 5.67. The number of H-pyrrole nitrogens is 1. The van der Waals surface area contributed by atoms with Crippen molar-refractivity contribution in [3.8, 4) is 5.75 Å². The molecule has 0 bridgehead atoms. The summed E-state index contributed by atoms with van der Waals surface area (Å²) in [4.78, 5) is 8.34. The van der Waals surface area contributed by atoms with Gasteiger partial charge in [-0.15, -0.1) is 0 Å². The van der Waals surface area contributed by atoms with Crippen LogP contribution in [0.3, 0.4) is 0 Å². The molecule has 0 fully saturated rings. The maximum atomic E-state index is 6.31. The molecular formula is C24H19ClN4OS. The molecule has 1 aromatic heterocycles. The number of methoxy groups -OCH3 is 1. The molecule has 4 aromatic rings. The van der Waals surface area contributed by atoms with Crippen LogP contribution >= 0.6 is 23.8 Å². The summed E-state index contributed by atoms with van der Waals surface area (Å²) in [6.07, 6.45) is 0. The van der Waals surface area contributed by atoms with E-state index in [4.69, 9.17) is 33.5 Å². The van der Waals surface area contributed by atoms with Crippen LogP contribution in [0.1, 0.15) is 23.0 Å². The SMILES string of the molecule is COc1ccc(C2NC(=S)NC(c3cccc(Cl)c3)=C2c2nc3ccccc3[nH]2)cc1. The van der Waals surface area contributed by atoms with E-state index in [1.54, 1.807) is 7.11 Å². The number of hydrogen-bond donors (Lipinski definition) is 3. The molecule has 0 spiro atoms. The zero-order chi connectivity index (χ0) is 21.4. The molecule has 2 heterocycles. The van der Waals surface area contributed by atoms with E-state index in [2.05, 4.69) is 15.6 Å². The topological polar surface area (TPSA) is 62.0 Å². The predicted molar refractivity (Wildman–Crippen MR) is 129 cm³/mol. The first-order valence-electron chi connectivity index (χ1n) is 9.79. The molecule has 3 N–H and O–H groups in total. The number of ether oxygens (including phenoxy) is 1. The second-order valence-corrected chi connectivity index (χ2v) is 8.05. The first kappa shape index (κ1) is 19.6. The highest BCUT2D eigenvalue weighted by molar-refractivity contribution is 7.80. The summed E-state index contributed by atoms with van der Waals surface area (Å²) in [5, 5.41) is 7.93. The van der Waals surface area contributed by atoms with E-state index in [1.165, 1.54) is 0 Å². The van der Waals surface area contributed by atoms with Crippen molar-refractivity contribution in [2.45, 2.75) is 6.04 Å². The number of hydrogen-bond acceptors (Lipinski definition) is 3. The molecular weight excluding hydrogens is 428 g/mol. The van der Waals surface area contributed by atoms with Gasteiger partial charge in [0.2, 0.25) is 0 Å². The Hall–Kier alpha value is -3.35. The minimum absolute atomic E-state index is 0.214. The number of benzene rings is 3. The van der Waals surface area contributed by atoms with Crippen LogP contribution in [-0.2, 0) is 0 Å². The Morgan fingerprint density at radius 3 is 2.55 bits per heavy atom. The lowest BCUT2D eigenvalue weighted by Crippen LogP contribution is -2.42. The fraction of sp³-hybridized carbons (Fsp3) is 0.0833. The lowest BCUT2D eigenvalue weighted by atomic mass is 9.92. The number of thiocarbonyl (C=S) groups is 1. The third-order valence-corrected chi connectivity index (χ3v) is 5.73. The van der Waals surface area contributed by atoms with E-state index < -0.39 is 0 Å². The highest BCUT2D eigenvalue weighted by Crippen LogP contribution is 2.38. The van der Waals surface area contributed by atoms with Gasteiger partial charge in [0, 0.05) is 10.6 Å². The van der Waals surface area contributed by atoms with Gasteiger partial charge in [0.25, 0.3) is 0 Å². The van der Waals surface area contributed by atoms with Gasteiger partial charge >= 0.3 is 0 Å². The monoisotopic (exact) mass is 446 g/mol. The van der Waals surface area contributed by atoms with Crippen LogP contribution in [0.25, 0.3) is 22.3 Å². The lowest BCUT2D eigenvalue weighted by Gasteiger charge is -2.31. The number of aromatic amines is 1. The first-order valence-corrected chi connectivity index (χ1v) is 10.6. The van der Waals surface area contributed by atoms with Crippen molar-refractivity contribution in [3.63, 3.8) is 0 Å². The zero-order valence-electron chi connectivity index (χ0n) is 16.6. The van der Waals surface area contributed by atoms with Gasteiger partial charge in [-0.3, -0.25) is 0 Å². The molecule has 1 aliphatic heterocycles. The molecule has 5 nitrogen and oxygen atoms in total. The number of para-hydroxylation sites is 2. The van der Waals surface area contributed by atoms with Crippen molar-refractivity contribution in [1.82, 2.24) is 20.6 Å². The van der Waals surface area contributed by atoms with Crippen molar-refractivity contribution >= 4 is 51.2 Å². The van der Waals surface area contributed by atoms with Gasteiger partial charge in [-0.25, -0.2) is 4.98 Å². The van der Waals surface area contributed by atoms with Crippen LogP contribution in [-0.4, -0.2) is 22.2 Å². The first-order chi connectivity index (χ1) is 15.1. The Kier molecular flexibility index (Phi) is 5.10. The van der Waals surface area contributed by atoms with Crippen molar-refractivity contribution in [3.05, 3.63) is 94.8 Å². The molecule has 0 amide bonds. The summed E-state index contributed by atoms with van der Waals surface area (Å²) < 4.78 is 5.33. The van der Waals surface area contributed by atoms with E-state index in [1.807, 2.05) is 72.8 Å². The van der Waals surface area contributed by atoms with Crippen LogP contribution in [0, 0.1) is 0 Å². The quantitative estimate of drug-likeness (QED) is 0.371. The number of halogens is 1. The highest BCUT2D eigenvalue weighted by atomic mass is 35.5. The summed E-state index contributed by atoms with van der Waals surface area (Å²) >= 11 is 11.9. The van der Waals surface area contributed by atoms with Crippen LogP contribution in [0.5, 0.6) is 5.75 Å². The second-order valence-electron chi connectivity index (χ2n) is 7.21. The van der Waals surface area contributed by atoms with E-state index >= 15 is 0 Å². The number of nitrogens with zero attached hydrogens (tertiary/aromatic N) is 1. The van der Waals surface area contributed by atoms with Gasteiger partial charge in [-0.05, 0) is 59.7 Å². The number of imidazole rings is 1. The molecule has 5 rings (SSSR count). The van der Waals surface area contributed by atoms with Gasteiger partial charge in [-0.1, -0.05) is 48.0 Å². The minimum atomic E-state index is -0.214. The summed E-state index contributed by atoms with van der Waals surface area (Å²) in [7, 11) is 1.66. The molecule has 3 aromatic carbocycles. The van der Waals surface area contributed by atoms with Crippen LogP contribution < -0.4 is 15.4 Å². The lowest BCUT2D eigenvalue weighted by molar-refractivity contribution is 0.414. The fourth-order valence-electron chi connectivity index (χ4n) is 3.82. The highest BCUT2D eigenvalue weighted by Gasteiger charge is 2.30. The van der Waals surface area contributed by atoms with E-state index in [-0.39, 0.29) is 6.04 Å². The molecule has 0 aliphatic carbocycles. The van der Waals surface area contributed by atoms with Gasteiger partial charge in [0.05, 0.1) is 29.9 Å². The Bertz CT molecular complexity index is 1280. The Morgan fingerprint density at radius 2 is 1.81 bits per heavy atom.